The number of carbonyl (C=O) groups is 2. The van der Waals surface area contributed by atoms with Crippen LogP contribution >= 0.6 is 0 Å². The largest absolute Gasteiger partial charge is 0.481 e. The van der Waals surface area contributed by atoms with E-state index < -0.39 is 11.9 Å². The van der Waals surface area contributed by atoms with Crippen molar-refractivity contribution in [2.24, 2.45) is 5.92 Å². The fourth-order valence-electron chi connectivity index (χ4n) is 1.55. The molecule has 0 aliphatic heterocycles. The maximum atomic E-state index is 12.1. The van der Waals surface area contributed by atoms with E-state index in [0.717, 1.165) is 0 Å². The second kappa shape index (κ2) is 8.16. The Morgan fingerprint density at radius 3 is 2.85 bits per heavy atom. The number of amides is 1. The number of carboxylic acids is 1. The number of rotatable bonds is 8. The highest BCUT2D eigenvalue weighted by molar-refractivity contribution is 5.91. The summed E-state index contributed by atoms with van der Waals surface area (Å²) in [5.41, 5.74) is 0. The van der Waals surface area contributed by atoms with Gasteiger partial charge in [-0.15, -0.1) is 0 Å². The van der Waals surface area contributed by atoms with Gasteiger partial charge < -0.3 is 19.2 Å². The van der Waals surface area contributed by atoms with Gasteiger partial charge in [0.25, 0.3) is 0 Å². The van der Waals surface area contributed by atoms with Crippen LogP contribution in [0.1, 0.15) is 12.7 Å². The van der Waals surface area contributed by atoms with Crippen LogP contribution in [0.5, 0.6) is 0 Å². The Kier molecular flexibility index (Phi) is 6.52. The van der Waals surface area contributed by atoms with Gasteiger partial charge in [0.2, 0.25) is 5.91 Å². The van der Waals surface area contributed by atoms with Crippen LogP contribution in [0.3, 0.4) is 0 Å². The molecule has 6 heteroatoms. The monoisotopic (exact) mass is 281 g/mol. The summed E-state index contributed by atoms with van der Waals surface area (Å²) >= 11 is 0. The van der Waals surface area contributed by atoms with E-state index in [4.69, 9.17) is 14.3 Å². The molecule has 0 aromatic carbocycles. The van der Waals surface area contributed by atoms with Gasteiger partial charge in [-0.3, -0.25) is 9.59 Å². The molecular weight excluding hydrogens is 262 g/mol. The molecule has 1 aromatic rings. The van der Waals surface area contributed by atoms with Gasteiger partial charge in [0.1, 0.15) is 5.76 Å². The Hall–Kier alpha value is -2.08. The summed E-state index contributed by atoms with van der Waals surface area (Å²) in [5.74, 6) is -1.27. The summed E-state index contributed by atoms with van der Waals surface area (Å²) in [7, 11) is 1.53. The van der Waals surface area contributed by atoms with Crippen LogP contribution in [-0.2, 0) is 14.3 Å². The van der Waals surface area contributed by atoms with Crippen LogP contribution in [0.25, 0.3) is 6.08 Å². The number of carbonyl (C=O) groups excluding carboxylic acids is 1. The highest BCUT2D eigenvalue weighted by Gasteiger charge is 2.18. The van der Waals surface area contributed by atoms with Gasteiger partial charge in [0, 0.05) is 26.3 Å². The number of hydrogen-bond acceptors (Lipinski definition) is 4. The summed E-state index contributed by atoms with van der Waals surface area (Å²) in [6, 6.07) is 3.45. The lowest BCUT2D eigenvalue weighted by molar-refractivity contribution is -0.142. The molecule has 1 heterocycles. The molecule has 1 N–H and O–H groups in total. The van der Waals surface area contributed by atoms with Crippen molar-refractivity contribution in [3.8, 4) is 0 Å². The summed E-state index contributed by atoms with van der Waals surface area (Å²) in [6.07, 6.45) is 4.43. The molecule has 0 spiro atoms. The normalized spacial score (nSPS) is 12.5. The van der Waals surface area contributed by atoms with Crippen molar-refractivity contribution in [2.75, 3.05) is 26.8 Å². The van der Waals surface area contributed by atoms with E-state index in [2.05, 4.69) is 0 Å². The summed E-state index contributed by atoms with van der Waals surface area (Å²) < 4.78 is 10.0. The van der Waals surface area contributed by atoms with Crippen LogP contribution in [-0.4, -0.2) is 48.7 Å². The fourth-order valence-corrected chi connectivity index (χ4v) is 1.55. The van der Waals surface area contributed by atoms with Crippen molar-refractivity contribution >= 4 is 18.0 Å². The second-order valence-corrected chi connectivity index (χ2v) is 4.37. The van der Waals surface area contributed by atoms with E-state index in [1.165, 1.54) is 24.3 Å². The number of aliphatic carboxylic acids is 1. The zero-order valence-corrected chi connectivity index (χ0v) is 11.6. The van der Waals surface area contributed by atoms with Crippen LogP contribution in [0.15, 0.2) is 28.9 Å². The molecule has 0 saturated heterocycles. The smallest absolute Gasteiger partial charge is 0.308 e. The number of ether oxygens (including phenoxy) is 1. The van der Waals surface area contributed by atoms with Gasteiger partial charge >= 0.3 is 5.97 Å². The third kappa shape index (κ3) is 5.27. The molecule has 0 saturated carbocycles. The zero-order valence-electron chi connectivity index (χ0n) is 11.6. The lowest BCUT2D eigenvalue weighted by atomic mass is 10.1. The highest BCUT2D eigenvalue weighted by Crippen LogP contribution is 2.05. The first-order valence-corrected chi connectivity index (χ1v) is 6.26. The summed E-state index contributed by atoms with van der Waals surface area (Å²) in [5, 5.41) is 8.92. The van der Waals surface area contributed by atoms with E-state index >= 15 is 0 Å². The third-order valence-corrected chi connectivity index (χ3v) is 2.73. The Morgan fingerprint density at radius 2 is 2.30 bits per heavy atom. The fraction of sp³-hybridized carbons (Fsp3) is 0.429. The lowest BCUT2D eigenvalue weighted by Crippen LogP contribution is -2.38. The number of carboxylic acid groups (broad SMARTS) is 1. The molecule has 110 valence electrons. The standard InChI is InChI=1S/C14H19NO5/c1-11(14(17)18)10-15(7-9-19-2)13(16)6-5-12-4-3-8-20-12/h3-6,8,11H,7,9-10H2,1-2H3,(H,17,18)/b6-5+. The average molecular weight is 281 g/mol. The summed E-state index contributed by atoms with van der Waals surface area (Å²) in [4.78, 5) is 24.4. The zero-order chi connectivity index (χ0) is 15.0. The number of furan rings is 1. The molecule has 1 atom stereocenters. The van der Waals surface area contributed by atoms with E-state index in [1.807, 2.05) is 0 Å². The first-order chi connectivity index (χ1) is 9.54. The number of methoxy groups -OCH3 is 1. The average Bonchev–Trinajstić information content (AvgIpc) is 2.93. The minimum Gasteiger partial charge on any atom is -0.481 e. The van der Waals surface area contributed by atoms with E-state index in [9.17, 15) is 9.59 Å². The van der Waals surface area contributed by atoms with Gasteiger partial charge in [-0.05, 0) is 18.2 Å². The Bertz CT molecular complexity index is 452. The van der Waals surface area contributed by atoms with Crippen molar-refractivity contribution < 1.29 is 23.8 Å². The van der Waals surface area contributed by atoms with Gasteiger partial charge in [0.15, 0.2) is 0 Å². The molecule has 0 fully saturated rings. The lowest BCUT2D eigenvalue weighted by Gasteiger charge is -2.22. The molecular formula is C14H19NO5. The minimum absolute atomic E-state index is 0.139. The predicted molar refractivity (Wildman–Crippen MR) is 73.0 cm³/mol. The minimum atomic E-state index is -0.935. The van der Waals surface area contributed by atoms with Gasteiger partial charge in [-0.25, -0.2) is 0 Å². The molecule has 0 radical (unpaired) electrons. The Balaban J connectivity index is 2.65. The molecule has 1 aromatic heterocycles. The van der Waals surface area contributed by atoms with E-state index in [1.54, 1.807) is 25.1 Å². The quantitative estimate of drug-likeness (QED) is 0.730. The number of hydrogen-bond donors (Lipinski definition) is 1. The maximum Gasteiger partial charge on any atom is 0.308 e. The van der Waals surface area contributed by atoms with Gasteiger partial charge in [-0.1, -0.05) is 6.92 Å². The first-order valence-electron chi connectivity index (χ1n) is 6.26. The topological polar surface area (TPSA) is 80.0 Å². The first kappa shape index (κ1) is 16.0. The molecule has 0 aliphatic rings. The van der Waals surface area contributed by atoms with Crippen molar-refractivity contribution in [3.63, 3.8) is 0 Å². The second-order valence-electron chi connectivity index (χ2n) is 4.37. The van der Waals surface area contributed by atoms with Crippen LogP contribution < -0.4 is 0 Å². The molecule has 1 amide bonds. The molecule has 0 aliphatic carbocycles. The number of nitrogens with zero attached hydrogens (tertiary/aromatic N) is 1. The van der Waals surface area contributed by atoms with Crippen LogP contribution in [0.4, 0.5) is 0 Å². The molecule has 1 unspecified atom stereocenters. The van der Waals surface area contributed by atoms with E-state index in [-0.39, 0.29) is 12.5 Å². The highest BCUT2D eigenvalue weighted by atomic mass is 16.5. The van der Waals surface area contributed by atoms with Gasteiger partial charge in [-0.2, -0.15) is 0 Å². The SMILES string of the molecule is COCCN(CC(C)C(=O)O)C(=O)/C=C/c1ccco1. The van der Waals surface area contributed by atoms with Crippen molar-refractivity contribution in [3.05, 3.63) is 30.2 Å². The summed E-state index contributed by atoms with van der Waals surface area (Å²) in [6.45, 7) is 2.40. The van der Waals surface area contributed by atoms with Crippen LogP contribution in [0, 0.1) is 5.92 Å². The molecule has 1 rings (SSSR count). The molecule has 20 heavy (non-hydrogen) atoms. The third-order valence-electron chi connectivity index (χ3n) is 2.73. The Morgan fingerprint density at radius 1 is 1.55 bits per heavy atom. The van der Waals surface area contributed by atoms with Gasteiger partial charge in [0.05, 0.1) is 18.8 Å². The maximum absolute atomic E-state index is 12.1. The van der Waals surface area contributed by atoms with Crippen molar-refractivity contribution in [2.45, 2.75) is 6.92 Å². The van der Waals surface area contributed by atoms with Crippen LogP contribution in [0.2, 0.25) is 0 Å². The van der Waals surface area contributed by atoms with Crippen molar-refractivity contribution in [1.29, 1.82) is 0 Å². The van der Waals surface area contributed by atoms with Crippen molar-refractivity contribution in [1.82, 2.24) is 4.90 Å². The molecule has 6 nitrogen and oxygen atoms in total. The Labute approximate surface area is 117 Å². The van der Waals surface area contributed by atoms with E-state index in [0.29, 0.717) is 18.9 Å². The predicted octanol–water partition coefficient (Wildman–Crippen LogP) is 1.49. The molecule has 0 bridgehead atoms.